The minimum absolute atomic E-state index is 0.0791. The van der Waals surface area contributed by atoms with E-state index in [1.807, 2.05) is 29.2 Å². The van der Waals surface area contributed by atoms with Gasteiger partial charge in [0.05, 0.1) is 0 Å². The van der Waals surface area contributed by atoms with E-state index in [1.54, 1.807) is 0 Å². The molecule has 0 spiro atoms. The lowest BCUT2D eigenvalue weighted by molar-refractivity contribution is 0.0791. The van der Waals surface area contributed by atoms with Crippen molar-refractivity contribution in [2.45, 2.75) is 12.5 Å². The highest BCUT2D eigenvalue weighted by molar-refractivity contribution is 9.10. The third-order valence-electron chi connectivity index (χ3n) is 2.60. The fraction of sp³-hybridized carbons (Fsp3) is 0.364. The second-order valence-electron chi connectivity index (χ2n) is 3.81. The van der Waals surface area contributed by atoms with Crippen LogP contribution in [0.3, 0.4) is 0 Å². The molecule has 1 aromatic carbocycles. The van der Waals surface area contributed by atoms with Crippen molar-refractivity contribution in [3.8, 4) is 0 Å². The lowest BCUT2D eigenvalue weighted by atomic mass is 10.2. The van der Waals surface area contributed by atoms with Crippen molar-refractivity contribution in [1.29, 1.82) is 0 Å². The Morgan fingerprint density at radius 1 is 1.40 bits per heavy atom. The van der Waals surface area contributed by atoms with Crippen molar-refractivity contribution in [3.05, 3.63) is 34.3 Å². The van der Waals surface area contributed by atoms with Gasteiger partial charge in [0, 0.05) is 29.2 Å². The SMILES string of the molecule is NC1CCN(C(=O)c2ccc(Br)cc2)C1. The van der Waals surface area contributed by atoms with Crippen LogP contribution in [0.25, 0.3) is 0 Å². The number of carbonyl (C=O) groups excluding carboxylic acids is 1. The predicted octanol–water partition coefficient (Wildman–Crippen LogP) is 1.62. The zero-order chi connectivity index (χ0) is 10.8. The van der Waals surface area contributed by atoms with Gasteiger partial charge < -0.3 is 10.6 Å². The van der Waals surface area contributed by atoms with Gasteiger partial charge in [-0.1, -0.05) is 15.9 Å². The maximum atomic E-state index is 12.0. The fourth-order valence-corrected chi connectivity index (χ4v) is 2.01. The molecule has 2 N–H and O–H groups in total. The standard InChI is InChI=1S/C11H13BrN2O/c12-9-3-1-8(2-4-9)11(15)14-6-5-10(13)7-14/h1-4,10H,5-7,13H2. The summed E-state index contributed by atoms with van der Waals surface area (Å²) in [5.74, 6) is 0.0791. The van der Waals surface area contributed by atoms with E-state index in [0.717, 1.165) is 23.0 Å². The molecule has 1 saturated heterocycles. The number of hydrogen-bond donors (Lipinski definition) is 1. The van der Waals surface area contributed by atoms with E-state index in [2.05, 4.69) is 15.9 Å². The number of rotatable bonds is 1. The van der Waals surface area contributed by atoms with Crippen molar-refractivity contribution in [3.63, 3.8) is 0 Å². The summed E-state index contributed by atoms with van der Waals surface area (Å²) < 4.78 is 0.983. The molecule has 80 valence electrons. The molecule has 0 saturated carbocycles. The quantitative estimate of drug-likeness (QED) is 0.842. The first kappa shape index (κ1) is 10.6. The summed E-state index contributed by atoms with van der Waals surface area (Å²) in [6.07, 6.45) is 0.905. The molecule has 1 aliphatic rings. The molecular weight excluding hydrogens is 256 g/mol. The van der Waals surface area contributed by atoms with Crippen LogP contribution < -0.4 is 5.73 Å². The topological polar surface area (TPSA) is 46.3 Å². The highest BCUT2D eigenvalue weighted by Crippen LogP contribution is 2.15. The second-order valence-corrected chi connectivity index (χ2v) is 4.72. The van der Waals surface area contributed by atoms with Crippen LogP contribution in [-0.2, 0) is 0 Å². The molecule has 1 amide bonds. The summed E-state index contributed by atoms with van der Waals surface area (Å²) >= 11 is 3.34. The van der Waals surface area contributed by atoms with Crippen LogP contribution in [0.15, 0.2) is 28.7 Å². The molecule has 0 aromatic heterocycles. The highest BCUT2D eigenvalue weighted by Gasteiger charge is 2.24. The van der Waals surface area contributed by atoms with Gasteiger partial charge in [0.2, 0.25) is 0 Å². The zero-order valence-corrected chi connectivity index (χ0v) is 9.90. The molecular formula is C11H13BrN2O. The molecule has 4 heteroatoms. The van der Waals surface area contributed by atoms with E-state index in [0.29, 0.717) is 6.54 Å². The molecule has 1 unspecified atom stereocenters. The highest BCUT2D eigenvalue weighted by atomic mass is 79.9. The van der Waals surface area contributed by atoms with Crippen molar-refractivity contribution >= 4 is 21.8 Å². The molecule has 0 bridgehead atoms. The van der Waals surface area contributed by atoms with Crippen molar-refractivity contribution < 1.29 is 4.79 Å². The van der Waals surface area contributed by atoms with Gasteiger partial charge in [-0.05, 0) is 30.7 Å². The Morgan fingerprint density at radius 3 is 2.60 bits per heavy atom. The number of likely N-dealkylation sites (tertiary alicyclic amines) is 1. The summed E-state index contributed by atoms with van der Waals surface area (Å²) in [5, 5.41) is 0. The number of carbonyl (C=O) groups is 1. The van der Waals surface area contributed by atoms with Crippen LogP contribution in [0.5, 0.6) is 0 Å². The van der Waals surface area contributed by atoms with Gasteiger partial charge in [-0.25, -0.2) is 0 Å². The normalized spacial score (nSPS) is 20.7. The Bertz CT molecular complexity index is 363. The van der Waals surface area contributed by atoms with E-state index in [1.165, 1.54) is 0 Å². The van der Waals surface area contributed by atoms with Crippen LogP contribution in [-0.4, -0.2) is 29.9 Å². The third-order valence-corrected chi connectivity index (χ3v) is 3.13. The van der Waals surface area contributed by atoms with Crippen LogP contribution in [0.2, 0.25) is 0 Å². The van der Waals surface area contributed by atoms with E-state index in [-0.39, 0.29) is 11.9 Å². The van der Waals surface area contributed by atoms with Crippen LogP contribution >= 0.6 is 15.9 Å². The van der Waals surface area contributed by atoms with Crippen molar-refractivity contribution in [1.82, 2.24) is 4.90 Å². The van der Waals surface area contributed by atoms with E-state index < -0.39 is 0 Å². The number of amides is 1. The Kier molecular flexibility index (Phi) is 3.07. The van der Waals surface area contributed by atoms with Gasteiger partial charge in [0.1, 0.15) is 0 Å². The fourth-order valence-electron chi connectivity index (χ4n) is 1.75. The van der Waals surface area contributed by atoms with Crippen LogP contribution in [0, 0.1) is 0 Å². The first-order chi connectivity index (χ1) is 7.16. The number of nitrogens with zero attached hydrogens (tertiary/aromatic N) is 1. The second kappa shape index (κ2) is 4.33. The first-order valence-corrected chi connectivity index (χ1v) is 5.76. The molecule has 1 heterocycles. The number of nitrogens with two attached hydrogens (primary N) is 1. The predicted molar refractivity (Wildman–Crippen MR) is 62.6 cm³/mol. The minimum atomic E-state index is 0.0791. The summed E-state index contributed by atoms with van der Waals surface area (Å²) in [5.41, 5.74) is 6.49. The molecule has 2 rings (SSSR count). The molecule has 0 radical (unpaired) electrons. The van der Waals surface area contributed by atoms with Crippen LogP contribution in [0.4, 0.5) is 0 Å². The smallest absolute Gasteiger partial charge is 0.253 e. The molecule has 0 aliphatic carbocycles. The lowest BCUT2D eigenvalue weighted by Gasteiger charge is -2.15. The summed E-state index contributed by atoms with van der Waals surface area (Å²) in [6.45, 7) is 1.45. The van der Waals surface area contributed by atoms with E-state index in [4.69, 9.17) is 5.73 Å². The Balaban J connectivity index is 2.11. The molecule has 15 heavy (non-hydrogen) atoms. The van der Waals surface area contributed by atoms with Crippen molar-refractivity contribution in [2.24, 2.45) is 5.73 Å². The summed E-state index contributed by atoms with van der Waals surface area (Å²) in [7, 11) is 0. The average Bonchev–Trinajstić information content (AvgIpc) is 2.65. The largest absolute Gasteiger partial charge is 0.337 e. The number of halogens is 1. The zero-order valence-electron chi connectivity index (χ0n) is 8.32. The lowest BCUT2D eigenvalue weighted by Crippen LogP contribution is -2.31. The van der Waals surface area contributed by atoms with Gasteiger partial charge in [-0.3, -0.25) is 4.79 Å². The third kappa shape index (κ3) is 2.38. The number of benzene rings is 1. The van der Waals surface area contributed by atoms with E-state index in [9.17, 15) is 4.79 Å². The summed E-state index contributed by atoms with van der Waals surface area (Å²) in [6, 6.07) is 7.56. The molecule has 1 aliphatic heterocycles. The Hall–Kier alpha value is -0.870. The Morgan fingerprint density at radius 2 is 2.07 bits per heavy atom. The van der Waals surface area contributed by atoms with Gasteiger partial charge >= 0.3 is 0 Å². The van der Waals surface area contributed by atoms with Crippen molar-refractivity contribution in [2.75, 3.05) is 13.1 Å². The van der Waals surface area contributed by atoms with Crippen LogP contribution in [0.1, 0.15) is 16.8 Å². The molecule has 1 aromatic rings. The van der Waals surface area contributed by atoms with Gasteiger partial charge in [0.15, 0.2) is 0 Å². The van der Waals surface area contributed by atoms with Gasteiger partial charge in [0.25, 0.3) is 5.91 Å². The monoisotopic (exact) mass is 268 g/mol. The summed E-state index contributed by atoms with van der Waals surface area (Å²) in [4.78, 5) is 13.8. The Labute approximate surface area is 97.4 Å². The van der Waals surface area contributed by atoms with E-state index >= 15 is 0 Å². The molecule has 1 fully saturated rings. The minimum Gasteiger partial charge on any atom is -0.337 e. The van der Waals surface area contributed by atoms with Gasteiger partial charge in [-0.15, -0.1) is 0 Å². The molecule has 1 atom stereocenters. The maximum absolute atomic E-state index is 12.0. The first-order valence-electron chi connectivity index (χ1n) is 4.97. The number of hydrogen-bond acceptors (Lipinski definition) is 2. The van der Waals surface area contributed by atoms with Gasteiger partial charge in [-0.2, -0.15) is 0 Å². The average molecular weight is 269 g/mol. The molecule has 3 nitrogen and oxygen atoms in total. The maximum Gasteiger partial charge on any atom is 0.253 e.